The molecule has 20 heavy (non-hydrogen) atoms. The Labute approximate surface area is 127 Å². The molecule has 0 amide bonds. The first-order valence-corrected chi connectivity index (χ1v) is 8.13. The predicted octanol–water partition coefficient (Wildman–Crippen LogP) is 3.57. The van der Waals surface area contributed by atoms with E-state index < -0.39 is 10.0 Å². The van der Waals surface area contributed by atoms with E-state index in [-0.39, 0.29) is 4.90 Å². The van der Waals surface area contributed by atoms with Crippen LogP contribution in [-0.2, 0) is 10.0 Å². The lowest BCUT2D eigenvalue weighted by atomic mass is 10.2. The molecule has 0 saturated carbocycles. The Hall–Kier alpha value is -1.53. The second kappa shape index (κ2) is 5.85. The number of ether oxygens (including phenoxy) is 1. The van der Waals surface area contributed by atoms with Crippen LogP contribution in [-0.4, -0.2) is 15.5 Å². The van der Waals surface area contributed by atoms with Crippen LogP contribution < -0.4 is 9.46 Å². The molecule has 0 spiro atoms. The average Bonchev–Trinajstić information content (AvgIpc) is 2.41. The van der Waals surface area contributed by atoms with E-state index >= 15 is 0 Å². The standard InChI is InChI=1S/C14H14BrNO3S/c1-10-4-3-5-12(8-10)20(17,18)16-14-9-11(19-2)6-7-13(14)15/h3-9,16H,1-2H3. The van der Waals surface area contributed by atoms with Gasteiger partial charge in [0.2, 0.25) is 0 Å². The Bertz CT molecular complexity index is 729. The number of aryl methyl sites for hydroxylation is 1. The third-order valence-corrected chi connectivity index (χ3v) is 4.77. The van der Waals surface area contributed by atoms with Crippen LogP contribution in [0.2, 0.25) is 0 Å². The summed E-state index contributed by atoms with van der Waals surface area (Å²) in [6.45, 7) is 1.85. The lowest BCUT2D eigenvalue weighted by Crippen LogP contribution is -2.13. The summed E-state index contributed by atoms with van der Waals surface area (Å²) in [6.07, 6.45) is 0. The van der Waals surface area contributed by atoms with E-state index in [4.69, 9.17) is 4.74 Å². The van der Waals surface area contributed by atoms with Crippen LogP contribution in [0.25, 0.3) is 0 Å². The minimum atomic E-state index is -3.62. The van der Waals surface area contributed by atoms with Gasteiger partial charge in [-0.25, -0.2) is 8.42 Å². The van der Waals surface area contributed by atoms with Gasteiger partial charge in [0.15, 0.2) is 0 Å². The number of methoxy groups -OCH3 is 1. The summed E-state index contributed by atoms with van der Waals surface area (Å²) in [4.78, 5) is 0.229. The molecular formula is C14H14BrNO3S. The first-order valence-electron chi connectivity index (χ1n) is 5.85. The molecule has 0 fully saturated rings. The molecule has 0 atom stereocenters. The summed E-state index contributed by atoms with van der Waals surface area (Å²) in [5.41, 5.74) is 1.32. The molecule has 2 rings (SSSR count). The highest BCUT2D eigenvalue weighted by Crippen LogP contribution is 2.29. The number of halogens is 1. The van der Waals surface area contributed by atoms with Gasteiger partial charge in [0.05, 0.1) is 17.7 Å². The molecule has 106 valence electrons. The van der Waals surface area contributed by atoms with Crippen LogP contribution >= 0.6 is 15.9 Å². The van der Waals surface area contributed by atoms with Crippen LogP contribution in [0.3, 0.4) is 0 Å². The quantitative estimate of drug-likeness (QED) is 0.911. The van der Waals surface area contributed by atoms with Crippen molar-refractivity contribution in [2.24, 2.45) is 0 Å². The Balaban J connectivity index is 2.38. The number of hydrogen-bond donors (Lipinski definition) is 1. The zero-order valence-electron chi connectivity index (χ0n) is 11.1. The molecule has 0 heterocycles. The van der Waals surface area contributed by atoms with Crippen molar-refractivity contribution in [3.8, 4) is 5.75 Å². The lowest BCUT2D eigenvalue weighted by Gasteiger charge is -2.11. The van der Waals surface area contributed by atoms with E-state index in [1.165, 1.54) is 7.11 Å². The molecule has 0 aliphatic rings. The van der Waals surface area contributed by atoms with Gasteiger partial charge in [0.25, 0.3) is 10.0 Å². The van der Waals surface area contributed by atoms with Crippen molar-refractivity contribution in [1.82, 2.24) is 0 Å². The van der Waals surface area contributed by atoms with Crippen molar-refractivity contribution in [3.63, 3.8) is 0 Å². The fourth-order valence-corrected chi connectivity index (χ4v) is 3.35. The Morgan fingerprint density at radius 3 is 2.55 bits per heavy atom. The fraction of sp³-hybridized carbons (Fsp3) is 0.143. The molecule has 0 bridgehead atoms. The summed E-state index contributed by atoms with van der Waals surface area (Å²) in [7, 11) is -2.09. The zero-order chi connectivity index (χ0) is 14.8. The van der Waals surface area contributed by atoms with Crippen molar-refractivity contribution in [2.45, 2.75) is 11.8 Å². The highest BCUT2D eigenvalue weighted by molar-refractivity contribution is 9.10. The number of anilines is 1. The van der Waals surface area contributed by atoms with E-state index in [1.807, 2.05) is 13.0 Å². The second-order valence-corrected chi connectivity index (χ2v) is 6.80. The Morgan fingerprint density at radius 2 is 1.90 bits per heavy atom. The van der Waals surface area contributed by atoms with Crippen molar-refractivity contribution >= 4 is 31.6 Å². The molecule has 2 aromatic rings. The maximum absolute atomic E-state index is 12.3. The summed E-state index contributed by atoms with van der Waals surface area (Å²) in [6, 6.07) is 11.8. The van der Waals surface area contributed by atoms with E-state index in [2.05, 4.69) is 20.7 Å². The summed E-state index contributed by atoms with van der Waals surface area (Å²) >= 11 is 3.32. The zero-order valence-corrected chi connectivity index (χ0v) is 13.5. The Kier molecular flexibility index (Phi) is 4.35. The van der Waals surface area contributed by atoms with Crippen molar-refractivity contribution in [2.75, 3.05) is 11.8 Å². The van der Waals surface area contributed by atoms with Crippen LogP contribution in [0.1, 0.15) is 5.56 Å². The monoisotopic (exact) mass is 355 g/mol. The summed E-state index contributed by atoms with van der Waals surface area (Å²) in [5.74, 6) is 0.579. The average molecular weight is 356 g/mol. The van der Waals surface area contributed by atoms with Crippen molar-refractivity contribution in [3.05, 3.63) is 52.5 Å². The minimum Gasteiger partial charge on any atom is -0.497 e. The normalized spacial score (nSPS) is 11.2. The van der Waals surface area contributed by atoms with Crippen molar-refractivity contribution < 1.29 is 13.2 Å². The van der Waals surface area contributed by atoms with Gasteiger partial charge in [0, 0.05) is 10.5 Å². The van der Waals surface area contributed by atoms with Gasteiger partial charge in [-0.2, -0.15) is 0 Å². The highest BCUT2D eigenvalue weighted by atomic mass is 79.9. The molecule has 4 nitrogen and oxygen atoms in total. The predicted molar refractivity (Wildman–Crippen MR) is 82.7 cm³/mol. The third kappa shape index (κ3) is 3.32. The van der Waals surface area contributed by atoms with Crippen LogP contribution in [0.4, 0.5) is 5.69 Å². The largest absolute Gasteiger partial charge is 0.497 e. The van der Waals surface area contributed by atoms with E-state index in [9.17, 15) is 8.42 Å². The van der Waals surface area contributed by atoms with Gasteiger partial charge in [-0.1, -0.05) is 12.1 Å². The lowest BCUT2D eigenvalue weighted by molar-refractivity contribution is 0.415. The number of benzene rings is 2. The number of nitrogens with one attached hydrogen (secondary N) is 1. The second-order valence-electron chi connectivity index (χ2n) is 4.27. The number of sulfonamides is 1. The first kappa shape index (κ1) is 14.9. The van der Waals surface area contributed by atoms with Crippen molar-refractivity contribution in [1.29, 1.82) is 0 Å². The molecule has 6 heteroatoms. The van der Waals surface area contributed by atoms with Gasteiger partial charge < -0.3 is 4.74 Å². The first-order chi connectivity index (χ1) is 9.42. The third-order valence-electron chi connectivity index (χ3n) is 2.72. The SMILES string of the molecule is COc1ccc(Br)c(NS(=O)(=O)c2cccc(C)c2)c1. The van der Waals surface area contributed by atoms with Crippen LogP contribution in [0.15, 0.2) is 51.8 Å². The summed E-state index contributed by atoms with van der Waals surface area (Å²) < 4.78 is 33.0. The van der Waals surface area contributed by atoms with Gasteiger partial charge in [0.1, 0.15) is 5.75 Å². The fourth-order valence-electron chi connectivity index (χ4n) is 1.70. The topological polar surface area (TPSA) is 55.4 Å². The Morgan fingerprint density at radius 1 is 1.15 bits per heavy atom. The molecule has 1 N–H and O–H groups in total. The van der Waals surface area contributed by atoms with Gasteiger partial charge in [-0.05, 0) is 52.7 Å². The summed E-state index contributed by atoms with van der Waals surface area (Å²) in [5, 5.41) is 0. The van der Waals surface area contributed by atoms with Crippen LogP contribution in [0, 0.1) is 6.92 Å². The van der Waals surface area contributed by atoms with Crippen LogP contribution in [0.5, 0.6) is 5.75 Å². The number of hydrogen-bond acceptors (Lipinski definition) is 3. The minimum absolute atomic E-state index is 0.229. The highest BCUT2D eigenvalue weighted by Gasteiger charge is 2.16. The number of rotatable bonds is 4. The molecule has 0 saturated heterocycles. The van der Waals surface area contributed by atoms with Gasteiger partial charge in [-0.15, -0.1) is 0 Å². The van der Waals surface area contributed by atoms with E-state index in [1.54, 1.807) is 36.4 Å². The van der Waals surface area contributed by atoms with E-state index in [0.29, 0.717) is 15.9 Å². The van der Waals surface area contributed by atoms with Gasteiger partial charge in [-0.3, -0.25) is 4.72 Å². The smallest absolute Gasteiger partial charge is 0.261 e. The maximum Gasteiger partial charge on any atom is 0.261 e. The molecule has 0 aliphatic carbocycles. The molecule has 0 aliphatic heterocycles. The molecule has 2 aromatic carbocycles. The molecular weight excluding hydrogens is 342 g/mol. The molecule has 0 aromatic heterocycles. The van der Waals surface area contributed by atoms with E-state index in [0.717, 1.165) is 5.56 Å². The van der Waals surface area contributed by atoms with Gasteiger partial charge >= 0.3 is 0 Å². The molecule has 0 radical (unpaired) electrons. The molecule has 0 unspecified atom stereocenters. The maximum atomic E-state index is 12.3.